The van der Waals surface area contributed by atoms with Crippen molar-refractivity contribution < 1.29 is 13.2 Å². The first-order chi connectivity index (χ1) is 6.07. The molecule has 0 aromatic carbocycles. The number of allylic oxidation sites excluding steroid dienone is 1. The normalized spacial score (nSPS) is 26.2. The van der Waals surface area contributed by atoms with Gasteiger partial charge < -0.3 is 10.2 Å². The fourth-order valence-electron chi connectivity index (χ4n) is 0.990. The summed E-state index contributed by atoms with van der Waals surface area (Å²) in [7, 11) is 0. The number of hydrogen-bond donors (Lipinski definition) is 2. The molecule has 0 amide bonds. The second-order valence-electron chi connectivity index (χ2n) is 2.53. The molecule has 1 atom stereocenters. The van der Waals surface area contributed by atoms with Gasteiger partial charge in [0.05, 0.1) is 0 Å². The molecule has 2 N–H and O–H groups in total. The Bertz CT molecular complexity index is 270. The van der Waals surface area contributed by atoms with Crippen LogP contribution >= 0.6 is 0 Å². The summed E-state index contributed by atoms with van der Waals surface area (Å²) in [4.78, 5) is 1.28. The lowest BCUT2D eigenvalue weighted by molar-refractivity contribution is -0.0982. The molecule has 70 valence electrons. The van der Waals surface area contributed by atoms with Crippen molar-refractivity contribution in [1.82, 2.24) is 15.6 Å². The van der Waals surface area contributed by atoms with Gasteiger partial charge in [-0.3, -0.25) is 5.43 Å². The number of halogens is 3. The minimum absolute atomic E-state index is 0.453. The van der Waals surface area contributed by atoms with Gasteiger partial charge in [0.1, 0.15) is 24.7 Å². The summed E-state index contributed by atoms with van der Waals surface area (Å²) < 4.78 is 36.4. The van der Waals surface area contributed by atoms with Crippen molar-refractivity contribution in [1.29, 1.82) is 0 Å². The van der Waals surface area contributed by atoms with Crippen LogP contribution in [0.2, 0.25) is 0 Å². The number of nitrogens with zero attached hydrogens (tertiary/aromatic N) is 2. The number of hydrogen-bond acceptors (Lipinski definition) is 4. The summed E-state index contributed by atoms with van der Waals surface area (Å²) in [6, 6.07) is 0. The molecule has 0 fully saturated rings. The molecule has 2 heterocycles. The molecule has 2 aliphatic rings. The zero-order chi connectivity index (χ0) is 9.47. The average Bonchev–Trinajstić information content (AvgIpc) is 2.47. The van der Waals surface area contributed by atoms with Gasteiger partial charge in [0.2, 0.25) is 0 Å². The minimum atomic E-state index is -4.38. The van der Waals surface area contributed by atoms with E-state index in [-0.39, 0.29) is 0 Å². The van der Waals surface area contributed by atoms with Crippen molar-refractivity contribution in [3.05, 3.63) is 18.4 Å². The molecule has 7 heteroatoms. The van der Waals surface area contributed by atoms with E-state index in [2.05, 4.69) is 17.1 Å². The van der Waals surface area contributed by atoms with Gasteiger partial charge in [0, 0.05) is 6.20 Å². The molecular formula is C6H5F3N4. The van der Waals surface area contributed by atoms with Gasteiger partial charge in [0.15, 0.2) is 0 Å². The summed E-state index contributed by atoms with van der Waals surface area (Å²) in [6.07, 6.45) is -2.63. The van der Waals surface area contributed by atoms with Crippen LogP contribution in [-0.2, 0) is 0 Å². The van der Waals surface area contributed by atoms with Crippen LogP contribution < -0.4 is 10.7 Å². The Hall–Kier alpha value is -1.40. The Morgan fingerprint density at radius 2 is 2.31 bits per heavy atom. The minimum Gasteiger partial charge on any atom is -0.366 e. The molecule has 0 aliphatic carbocycles. The molecule has 2 rings (SSSR count). The summed E-state index contributed by atoms with van der Waals surface area (Å²) >= 11 is 0. The van der Waals surface area contributed by atoms with Gasteiger partial charge in [-0.2, -0.15) is 18.3 Å². The molecule has 0 aromatic rings. The predicted molar refractivity (Wildman–Crippen MR) is 37.8 cm³/mol. The van der Waals surface area contributed by atoms with Gasteiger partial charge in [-0.15, -0.1) is 0 Å². The van der Waals surface area contributed by atoms with E-state index in [1.54, 1.807) is 0 Å². The molecule has 13 heavy (non-hydrogen) atoms. The molecule has 0 spiro atoms. The maximum Gasteiger partial charge on any atom is 0.432 e. The Kier molecular flexibility index (Phi) is 1.61. The van der Waals surface area contributed by atoms with Gasteiger partial charge in [-0.05, 0) is 0 Å². The summed E-state index contributed by atoms with van der Waals surface area (Å²) in [5.41, 5.74) is 1.69. The number of fused-ring (bicyclic) bond motifs is 1. The van der Waals surface area contributed by atoms with Crippen molar-refractivity contribution in [2.45, 2.75) is 12.3 Å². The predicted octanol–water partition coefficient (Wildman–Crippen LogP) is 0.207. The first kappa shape index (κ1) is 8.21. The molecule has 4 nitrogen and oxygen atoms in total. The van der Waals surface area contributed by atoms with Crippen molar-refractivity contribution in [2.75, 3.05) is 0 Å². The van der Waals surface area contributed by atoms with Crippen molar-refractivity contribution in [3.8, 4) is 0 Å². The smallest absolute Gasteiger partial charge is 0.366 e. The number of alkyl halides is 3. The third-order valence-electron chi connectivity index (χ3n) is 1.61. The average molecular weight is 190 g/mol. The highest BCUT2D eigenvalue weighted by atomic mass is 19.4. The molecule has 0 saturated heterocycles. The third-order valence-corrected chi connectivity index (χ3v) is 1.61. The van der Waals surface area contributed by atoms with Gasteiger partial charge in [0.25, 0.3) is 0 Å². The molecule has 0 aromatic heterocycles. The molecule has 2 aliphatic heterocycles. The highest BCUT2D eigenvalue weighted by Crippen LogP contribution is 2.26. The number of rotatable bonds is 0. The fraction of sp³-hybridized carbons (Fsp3) is 0.333. The Labute approximate surface area is 72.1 Å². The zero-order valence-electron chi connectivity index (χ0n) is 6.26. The topological polar surface area (TPSA) is 39.7 Å². The van der Waals surface area contributed by atoms with E-state index in [0.29, 0.717) is 0 Å². The van der Waals surface area contributed by atoms with E-state index in [9.17, 15) is 13.2 Å². The molecule has 2 radical (unpaired) electrons. The summed E-state index contributed by atoms with van der Waals surface area (Å²) in [5.74, 6) is 0. The van der Waals surface area contributed by atoms with Gasteiger partial charge in [-0.25, -0.2) is 0 Å². The molecule has 1 unspecified atom stereocenters. The first-order valence-electron chi connectivity index (χ1n) is 3.44. The van der Waals surface area contributed by atoms with Crippen LogP contribution in [0.4, 0.5) is 13.2 Å². The lowest BCUT2D eigenvalue weighted by Crippen LogP contribution is -2.45. The van der Waals surface area contributed by atoms with Crippen LogP contribution in [0.5, 0.6) is 0 Å². The molecule has 0 saturated carbocycles. The van der Waals surface area contributed by atoms with Crippen LogP contribution in [0.3, 0.4) is 0 Å². The van der Waals surface area contributed by atoms with Gasteiger partial charge in [-0.1, -0.05) is 0 Å². The number of hydrazone groups is 1. The maximum atomic E-state index is 12.1. The summed E-state index contributed by atoms with van der Waals surface area (Å²) in [6.45, 7) is 2.39. The van der Waals surface area contributed by atoms with Crippen molar-refractivity contribution in [3.63, 3.8) is 0 Å². The van der Waals surface area contributed by atoms with Crippen LogP contribution in [0, 0.1) is 6.54 Å². The van der Waals surface area contributed by atoms with Crippen LogP contribution in [-0.4, -0.2) is 23.6 Å². The van der Waals surface area contributed by atoms with E-state index >= 15 is 0 Å². The molecular weight excluding hydrogens is 185 g/mol. The van der Waals surface area contributed by atoms with Crippen molar-refractivity contribution >= 4 is 6.34 Å². The quantitative estimate of drug-likeness (QED) is 0.573. The van der Waals surface area contributed by atoms with Crippen LogP contribution in [0.15, 0.2) is 17.0 Å². The lowest BCUT2D eigenvalue weighted by Gasteiger charge is -2.27. The number of nitrogens with one attached hydrogen (secondary N) is 2. The highest BCUT2D eigenvalue weighted by molar-refractivity contribution is 5.60. The van der Waals surface area contributed by atoms with Crippen LogP contribution in [0.1, 0.15) is 0 Å². The van der Waals surface area contributed by atoms with Crippen LogP contribution in [0.25, 0.3) is 0 Å². The highest BCUT2D eigenvalue weighted by Gasteiger charge is 2.38. The Morgan fingerprint density at radius 1 is 1.54 bits per heavy atom. The monoisotopic (exact) mass is 190 g/mol. The Morgan fingerprint density at radius 3 is 3.00 bits per heavy atom. The zero-order valence-corrected chi connectivity index (χ0v) is 6.26. The summed E-state index contributed by atoms with van der Waals surface area (Å²) in [5, 5.41) is 5.61. The SMILES string of the molecule is FC(F)(F)C1=CN2C=NNC2[C]N1. The van der Waals surface area contributed by atoms with E-state index < -0.39 is 18.0 Å². The second-order valence-corrected chi connectivity index (χ2v) is 2.53. The third kappa shape index (κ3) is 1.41. The largest absolute Gasteiger partial charge is 0.432 e. The Balaban J connectivity index is 2.19. The molecule has 0 bridgehead atoms. The second kappa shape index (κ2) is 2.54. The van der Waals surface area contributed by atoms with E-state index in [1.807, 2.05) is 5.32 Å². The van der Waals surface area contributed by atoms with E-state index in [4.69, 9.17) is 0 Å². The standard InChI is InChI=1S/C6H5F3N4/c7-6(8,9)4-2-13-3-11-12-5(13)1-10-4/h2-3,5,10,12H. The van der Waals surface area contributed by atoms with Crippen molar-refractivity contribution in [2.24, 2.45) is 5.10 Å². The lowest BCUT2D eigenvalue weighted by atomic mass is 10.3. The maximum absolute atomic E-state index is 12.1. The van der Waals surface area contributed by atoms with Gasteiger partial charge >= 0.3 is 6.18 Å². The van der Waals surface area contributed by atoms with E-state index in [1.165, 1.54) is 11.2 Å². The van der Waals surface area contributed by atoms with E-state index in [0.717, 1.165) is 6.20 Å². The first-order valence-corrected chi connectivity index (χ1v) is 3.44. The fourth-order valence-corrected chi connectivity index (χ4v) is 0.990.